The maximum atomic E-state index is 12.2. The number of nitrogens with one attached hydrogen (secondary N) is 1. The van der Waals surface area contributed by atoms with Crippen molar-refractivity contribution >= 4 is 5.91 Å². The van der Waals surface area contributed by atoms with Crippen LogP contribution in [0.25, 0.3) is 0 Å². The summed E-state index contributed by atoms with van der Waals surface area (Å²) < 4.78 is 5.47. The zero-order valence-electron chi connectivity index (χ0n) is 11.8. The number of benzene rings is 2. The van der Waals surface area contributed by atoms with Crippen molar-refractivity contribution in [3.8, 4) is 5.75 Å². The van der Waals surface area contributed by atoms with Gasteiger partial charge in [-0.2, -0.15) is 0 Å². The Morgan fingerprint density at radius 2 is 1.95 bits per heavy atom. The minimum atomic E-state index is -0.115. The standard InChI is InChI=1S/C17H19NO2/c1-3-20-16-10-5-4-9-15(16)17(19)18-12-14-8-6-7-13(2)11-14/h4-11H,3,12H2,1-2H3,(H,18,19). The highest BCUT2D eigenvalue weighted by Crippen LogP contribution is 2.17. The normalized spacial score (nSPS) is 10.1. The van der Waals surface area contributed by atoms with Gasteiger partial charge in [0.1, 0.15) is 5.75 Å². The number of hydrogen-bond acceptors (Lipinski definition) is 2. The summed E-state index contributed by atoms with van der Waals surface area (Å²) in [6.07, 6.45) is 0. The number of ether oxygens (including phenoxy) is 1. The summed E-state index contributed by atoms with van der Waals surface area (Å²) in [5, 5.41) is 2.92. The zero-order chi connectivity index (χ0) is 14.4. The molecule has 0 heterocycles. The Kier molecular flexibility index (Phi) is 4.77. The highest BCUT2D eigenvalue weighted by Gasteiger charge is 2.11. The van der Waals surface area contributed by atoms with Crippen LogP contribution in [0.2, 0.25) is 0 Å². The van der Waals surface area contributed by atoms with Crippen molar-refractivity contribution < 1.29 is 9.53 Å². The summed E-state index contributed by atoms with van der Waals surface area (Å²) in [7, 11) is 0. The van der Waals surface area contributed by atoms with Crippen molar-refractivity contribution in [3.05, 3.63) is 65.2 Å². The lowest BCUT2D eigenvalue weighted by atomic mass is 10.1. The van der Waals surface area contributed by atoms with E-state index in [4.69, 9.17) is 4.74 Å². The highest BCUT2D eigenvalue weighted by molar-refractivity contribution is 5.96. The SMILES string of the molecule is CCOc1ccccc1C(=O)NCc1cccc(C)c1. The van der Waals surface area contributed by atoms with Gasteiger partial charge in [0.2, 0.25) is 0 Å². The number of rotatable bonds is 5. The lowest BCUT2D eigenvalue weighted by molar-refractivity contribution is 0.0947. The fraction of sp³-hybridized carbons (Fsp3) is 0.235. The van der Waals surface area contributed by atoms with E-state index in [9.17, 15) is 4.79 Å². The molecule has 0 aromatic heterocycles. The molecular formula is C17H19NO2. The molecule has 1 amide bonds. The van der Waals surface area contributed by atoms with Gasteiger partial charge in [-0.3, -0.25) is 4.79 Å². The Balaban J connectivity index is 2.05. The molecule has 0 radical (unpaired) electrons. The molecule has 0 aliphatic rings. The monoisotopic (exact) mass is 269 g/mol. The molecule has 1 N–H and O–H groups in total. The van der Waals surface area contributed by atoms with E-state index in [0.717, 1.165) is 5.56 Å². The predicted molar refractivity (Wildman–Crippen MR) is 80.0 cm³/mol. The van der Waals surface area contributed by atoms with Crippen molar-refractivity contribution in [2.24, 2.45) is 0 Å². The molecule has 0 bridgehead atoms. The third kappa shape index (κ3) is 3.60. The van der Waals surface area contributed by atoms with E-state index in [2.05, 4.69) is 11.4 Å². The molecule has 3 nitrogen and oxygen atoms in total. The van der Waals surface area contributed by atoms with Crippen LogP contribution in [0, 0.1) is 6.92 Å². The van der Waals surface area contributed by atoms with Crippen LogP contribution in [0.4, 0.5) is 0 Å². The molecule has 2 aromatic carbocycles. The van der Waals surface area contributed by atoms with E-state index < -0.39 is 0 Å². The van der Waals surface area contributed by atoms with Crippen molar-refractivity contribution in [2.75, 3.05) is 6.61 Å². The number of hydrogen-bond donors (Lipinski definition) is 1. The van der Waals surface area contributed by atoms with Gasteiger partial charge in [0, 0.05) is 6.54 Å². The van der Waals surface area contributed by atoms with Gasteiger partial charge in [-0.05, 0) is 31.5 Å². The summed E-state index contributed by atoms with van der Waals surface area (Å²) >= 11 is 0. The summed E-state index contributed by atoms with van der Waals surface area (Å²) in [5.74, 6) is 0.507. The summed E-state index contributed by atoms with van der Waals surface area (Å²) in [6.45, 7) is 5.00. The molecule has 20 heavy (non-hydrogen) atoms. The maximum absolute atomic E-state index is 12.2. The first-order valence-corrected chi connectivity index (χ1v) is 6.76. The predicted octanol–water partition coefficient (Wildman–Crippen LogP) is 3.32. The van der Waals surface area contributed by atoms with Crippen LogP contribution in [0.3, 0.4) is 0 Å². The second-order valence-electron chi connectivity index (χ2n) is 4.60. The summed E-state index contributed by atoms with van der Waals surface area (Å²) in [5.41, 5.74) is 2.85. The first kappa shape index (κ1) is 14.1. The smallest absolute Gasteiger partial charge is 0.255 e. The van der Waals surface area contributed by atoms with Gasteiger partial charge in [-0.15, -0.1) is 0 Å². The van der Waals surface area contributed by atoms with Crippen molar-refractivity contribution in [1.82, 2.24) is 5.32 Å². The van der Waals surface area contributed by atoms with Crippen LogP contribution >= 0.6 is 0 Å². The molecule has 0 spiro atoms. The number of carbonyl (C=O) groups excluding carboxylic acids is 1. The molecule has 0 saturated carbocycles. The molecule has 0 unspecified atom stereocenters. The molecule has 3 heteroatoms. The van der Waals surface area contributed by atoms with Crippen LogP contribution in [-0.2, 0) is 6.54 Å². The Bertz CT molecular complexity index is 593. The van der Waals surface area contributed by atoms with Gasteiger partial charge in [0.15, 0.2) is 0 Å². The fourth-order valence-corrected chi connectivity index (χ4v) is 2.04. The fourth-order valence-electron chi connectivity index (χ4n) is 2.04. The topological polar surface area (TPSA) is 38.3 Å². The minimum Gasteiger partial charge on any atom is -0.493 e. The minimum absolute atomic E-state index is 0.115. The Labute approximate surface area is 119 Å². The van der Waals surface area contributed by atoms with Gasteiger partial charge in [-0.1, -0.05) is 42.0 Å². The van der Waals surface area contributed by atoms with Crippen molar-refractivity contribution in [1.29, 1.82) is 0 Å². The van der Waals surface area contributed by atoms with Gasteiger partial charge >= 0.3 is 0 Å². The summed E-state index contributed by atoms with van der Waals surface area (Å²) in [4.78, 5) is 12.2. The van der Waals surface area contributed by atoms with E-state index in [0.29, 0.717) is 24.5 Å². The van der Waals surface area contributed by atoms with Crippen LogP contribution in [0.5, 0.6) is 5.75 Å². The number of carbonyl (C=O) groups is 1. The first-order valence-electron chi connectivity index (χ1n) is 6.76. The second-order valence-corrected chi connectivity index (χ2v) is 4.60. The number of amides is 1. The molecular weight excluding hydrogens is 250 g/mol. The first-order chi connectivity index (χ1) is 9.70. The van der Waals surface area contributed by atoms with Crippen molar-refractivity contribution in [2.45, 2.75) is 20.4 Å². The quantitative estimate of drug-likeness (QED) is 0.904. The van der Waals surface area contributed by atoms with Crippen LogP contribution in [0.15, 0.2) is 48.5 Å². The largest absolute Gasteiger partial charge is 0.493 e. The maximum Gasteiger partial charge on any atom is 0.255 e. The zero-order valence-corrected chi connectivity index (χ0v) is 11.8. The molecule has 0 atom stereocenters. The van der Waals surface area contributed by atoms with E-state index in [1.165, 1.54) is 5.56 Å². The number of para-hydroxylation sites is 1. The highest BCUT2D eigenvalue weighted by atomic mass is 16.5. The Morgan fingerprint density at radius 1 is 1.15 bits per heavy atom. The van der Waals surface area contributed by atoms with E-state index in [1.54, 1.807) is 6.07 Å². The average Bonchev–Trinajstić information content (AvgIpc) is 2.46. The summed E-state index contributed by atoms with van der Waals surface area (Å²) in [6, 6.07) is 15.4. The van der Waals surface area contributed by atoms with Gasteiger partial charge in [0.25, 0.3) is 5.91 Å². The molecule has 0 aliphatic heterocycles. The molecule has 0 fully saturated rings. The third-order valence-electron chi connectivity index (χ3n) is 2.97. The lowest BCUT2D eigenvalue weighted by Crippen LogP contribution is -2.23. The van der Waals surface area contributed by atoms with Crippen LogP contribution in [-0.4, -0.2) is 12.5 Å². The van der Waals surface area contributed by atoms with Crippen LogP contribution < -0.4 is 10.1 Å². The van der Waals surface area contributed by atoms with E-state index in [1.807, 2.05) is 50.2 Å². The second kappa shape index (κ2) is 6.75. The van der Waals surface area contributed by atoms with Gasteiger partial charge < -0.3 is 10.1 Å². The average molecular weight is 269 g/mol. The number of aryl methyl sites for hydroxylation is 1. The molecule has 0 saturated heterocycles. The van der Waals surface area contributed by atoms with Gasteiger partial charge in [0.05, 0.1) is 12.2 Å². The Morgan fingerprint density at radius 3 is 2.70 bits per heavy atom. The third-order valence-corrected chi connectivity index (χ3v) is 2.97. The molecule has 104 valence electrons. The lowest BCUT2D eigenvalue weighted by Gasteiger charge is -2.10. The van der Waals surface area contributed by atoms with Gasteiger partial charge in [-0.25, -0.2) is 0 Å². The molecule has 2 rings (SSSR count). The Hall–Kier alpha value is -2.29. The van der Waals surface area contributed by atoms with E-state index in [-0.39, 0.29) is 5.91 Å². The molecule has 0 aliphatic carbocycles. The van der Waals surface area contributed by atoms with Crippen LogP contribution in [0.1, 0.15) is 28.4 Å². The molecule has 2 aromatic rings. The van der Waals surface area contributed by atoms with E-state index >= 15 is 0 Å². The van der Waals surface area contributed by atoms with Crippen molar-refractivity contribution in [3.63, 3.8) is 0 Å².